The Bertz CT molecular complexity index is 1220. The van der Waals surface area contributed by atoms with Gasteiger partial charge in [-0.3, -0.25) is 9.59 Å². The molecule has 9 nitrogen and oxygen atoms in total. The quantitative estimate of drug-likeness (QED) is 0.487. The van der Waals surface area contributed by atoms with Gasteiger partial charge in [0.25, 0.3) is 11.5 Å². The van der Waals surface area contributed by atoms with Crippen molar-refractivity contribution in [3.63, 3.8) is 0 Å². The first-order valence-corrected chi connectivity index (χ1v) is 10.5. The average Bonchev–Trinajstić information content (AvgIpc) is 3.16. The van der Waals surface area contributed by atoms with Crippen LogP contribution in [0, 0.1) is 0 Å². The van der Waals surface area contributed by atoms with Crippen LogP contribution in [-0.4, -0.2) is 47.8 Å². The van der Waals surface area contributed by atoms with Gasteiger partial charge >= 0.3 is 12.3 Å². The van der Waals surface area contributed by atoms with Crippen molar-refractivity contribution >= 4 is 39.0 Å². The monoisotopic (exact) mass is 485 g/mol. The molecule has 0 aliphatic rings. The van der Waals surface area contributed by atoms with Gasteiger partial charge in [-0.2, -0.15) is 9.78 Å². The van der Waals surface area contributed by atoms with E-state index in [-0.39, 0.29) is 40.4 Å². The summed E-state index contributed by atoms with van der Waals surface area (Å²) in [7, 11) is 0. The molecule has 33 heavy (non-hydrogen) atoms. The number of nitrogens with one attached hydrogen (secondary N) is 1. The Balaban J connectivity index is 2.12. The Labute approximate surface area is 188 Å². The van der Waals surface area contributed by atoms with E-state index >= 15 is 0 Å². The van der Waals surface area contributed by atoms with Gasteiger partial charge in [0.1, 0.15) is 17.4 Å². The molecule has 0 aliphatic carbocycles. The summed E-state index contributed by atoms with van der Waals surface area (Å²) in [6, 6.07) is 4.36. The lowest BCUT2D eigenvalue weighted by Crippen LogP contribution is -2.26. The molecule has 0 atom stereocenters. The van der Waals surface area contributed by atoms with Gasteiger partial charge in [-0.05, 0) is 38.1 Å². The minimum absolute atomic E-state index is 0.00137. The number of anilines is 1. The molecule has 13 heteroatoms. The minimum Gasteiger partial charge on any atom is -0.461 e. The first-order chi connectivity index (χ1) is 15.6. The zero-order chi connectivity index (χ0) is 24.2. The zero-order valence-electron chi connectivity index (χ0n) is 17.4. The summed E-state index contributed by atoms with van der Waals surface area (Å²) >= 11 is 1.01. The summed E-state index contributed by atoms with van der Waals surface area (Å²) < 4.78 is 52.0. The lowest BCUT2D eigenvalue weighted by atomic mass is 10.2. The van der Waals surface area contributed by atoms with E-state index in [1.54, 1.807) is 13.8 Å². The highest BCUT2D eigenvalue weighted by atomic mass is 32.1. The van der Waals surface area contributed by atoms with Gasteiger partial charge in [-0.15, -0.1) is 24.5 Å². The molecule has 0 fully saturated rings. The van der Waals surface area contributed by atoms with Crippen LogP contribution in [0.25, 0.3) is 16.5 Å². The van der Waals surface area contributed by atoms with Crippen molar-refractivity contribution in [2.75, 3.05) is 25.1 Å². The number of ether oxygens (including phenoxy) is 3. The Morgan fingerprint density at radius 2 is 1.85 bits per heavy atom. The second-order valence-corrected chi connectivity index (χ2v) is 7.25. The fourth-order valence-corrected chi connectivity index (χ4v) is 3.77. The molecule has 0 spiro atoms. The molecule has 0 aliphatic heterocycles. The molecule has 0 saturated carbocycles. The second kappa shape index (κ2) is 10.0. The van der Waals surface area contributed by atoms with Crippen molar-refractivity contribution in [3.8, 4) is 11.4 Å². The van der Waals surface area contributed by atoms with Crippen LogP contribution in [0.15, 0.2) is 34.4 Å². The molecule has 0 radical (unpaired) electrons. The van der Waals surface area contributed by atoms with Crippen LogP contribution in [0.5, 0.6) is 5.75 Å². The normalized spacial score (nSPS) is 11.4. The van der Waals surface area contributed by atoms with E-state index in [4.69, 9.17) is 9.47 Å². The van der Waals surface area contributed by atoms with Gasteiger partial charge in [0.15, 0.2) is 5.69 Å². The third-order valence-electron chi connectivity index (χ3n) is 4.13. The Kier molecular flexibility index (Phi) is 7.33. The number of aromatic nitrogens is 2. The highest BCUT2D eigenvalue weighted by Gasteiger charge is 2.31. The number of nitrogens with zero attached hydrogens (tertiary/aromatic N) is 2. The third kappa shape index (κ3) is 5.68. The molecule has 0 bridgehead atoms. The molecule has 2 aromatic heterocycles. The van der Waals surface area contributed by atoms with Crippen LogP contribution in [0.2, 0.25) is 0 Å². The van der Waals surface area contributed by atoms with Crippen molar-refractivity contribution < 1.29 is 37.0 Å². The van der Waals surface area contributed by atoms with Crippen LogP contribution >= 0.6 is 11.3 Å². The number of fused-ring (bicyclic) bond motifs is 1. The maximum absolute atomic E-state index is 13.2. The van der Waals surface area contributed by atoms with Crippen LogP contribution in [-0.2, 0) is 14.3 Å². The smallest absolute Gasteiger partial charge is 0.461 e. The van der Waals surface area contributed by atoms with Gasteiger partial charge in [-0.1, -0.05) is 0 Å². The van der Waals surface area contributed by atoms with Gasteiger partial charge in [-0.25, -0.2) is 4.79 Å². The zero-order valence-corrected chi connectivity index (χ0v) is 18.2. The van der Waals surface area contributed by atoms with Crippen molar-refractivity contribution in [1.82, 2.24) is 9.78 Å². The summed E-state index contributed by atoms with van der Waals surface area (Å²) in [5.74, 6) is -1.81. The minimum atomic E-state index is -4.88. The van der Waals surface area contributed by atoms with Crippen LogP contribution < -0.4 is 15.6 Å². The molecular formula is C20H18F3N3O6S. The summed E-state index contributed by atoms with van der Waals surface area (Å²) in [6.07, 6.45) is -4.88. The number of benzene rings is 1. The summed E-state index contributed by atoms with van der Waals surface area (Å²) in [5.41, 5.74) is -0.820. The van der Waals surface area contributed by atoms with Crippen LogP contribution in [0.1, 0.15) is 24.3 Å². The van der Waals surface area contributed by atoms with E-state index in [1.807, 2.05) is 0 Å². The van der Waals surface area contributed by atoms with E-state index in [0.717, 1.165) is 28.2 Å². The summed E-state index contributed by atoms with van der Waals surface area (Å²) in [6.45, 7) is 3.44. The predicted octanol–water partition coefficient (Wildman–Crippen LogP) is 3.50. The number of hydrogen-bond acceptors (Lipinski definition) is 8. The number of halogens is 3. The van der Waals surface area contributed by atoms with Crippen molar-refractivity contribution in [2.45, 2.75) is 20.2 Å². The highest BCUT2D eigenvalue weighted by molar-refractivity contribution is 7.16. The molecule has 0 saturated heterocycles. The molecule has 3 aromatic rings. The maximum Gasteiger partial charge on any atom is 0.573 e. The molecule has 3 rings (SSSR count). The Morgan fingerprint density at radius 3 is 2.45 bits per heavy atom. The molecule has 2 heterocycles. The number of alkyl halides is 3. The summed E-state index contributed by atoms with van der Waals surface area (Å²) in [5, 5.41) is 8.46. The standard InChI is InChI=1S/C20H18F3N3O6S/c1-3-30-9-14(27)24-17-15-13(10-33-17)16(19(29)31-4-2)25-26(18(15)28)11-5-7-12(8-6-11)32-20(21,22)23/h5-8,10H,3-4,9H2,1-2H3,(H,24,27). The van der Waals surface area contributed by atoms with E-state index in [1.165, 1.54) is 17.5 Å². The first-order valence-electron chi connectivity index (χ1n) is 9.60. The highest BCUT2D eigenvalue weighted by Crippen LogP contribution is 2.31. The van der Waals surface area contributed by atoms with Gasteiger partial charge in [0, 0.05) is 17.4 Å². The van der Waals surface area contributed by atoms with Crippen LogP contribution in [0.4, 0.5) is 18.2 Å². The van der Waals surface area contributed by atoms with Gasteiger partial charge in [0.2, 0.25) is 0 Å². The summed E-state index contributed by atoms with van der Waals surface area (Å²) in [4.78, 5) is 37.8. The van der Waals surface area contributed by atoms with Crippen LogP contribution in [0.3, 0.4) is 0 Å². The predicted molar refractivity (Wildman–Crippen MR) is 113 cm³/mol. The lowest BCUT2D eigenvalue weighted by Gasteiger charge is -2.11. The largest absolute Gasteiger partial charge is 0.573 e. The molecule has 1 N–H and O–H groups in total. The fraction of sp³-hybridized carbons (Fsp3) is 0.300. The van der Waals surface area contributed by atoms with Crippen molar-refractivity contribution in [1.29, 1.82) is 0 Å². The number of carbonyl (C=O) groups is 2. The molecule has 176 valence electrons. The SMILES string of the molecule is CCOCC(=O)Nc1scc2c(C(=O)OCC)nn(-c3ccc(OC(F)(F)F)cc3)c(=O)c12. The number of carbonyl (C=O) groups excluding carboxylic acids is 2. The second-order valence-electron chi connectivity index (χ2n) is 6.37. The molecule has 0 unspecified atom stereocenters. The van der Waals surface area contributed by atoms with Crippen molar-refractivity contribution in [2.24, 2.45) is 0 Å². The first kappa shape index (κ1) is 24.2. The van der Waals surface area contributed by atoms with Gasteiger partial charge < -0.3 is 19.5 Å². The van der Waals surface area contributed by atoms with E-state index in [2.05, 4.69) is 15.2 Å². The fourth-order valence-electron chi connectivity index (χ4n) is 2.81. The number of esters is 1. The number of amides is 1. The number of rotatable bonds is 8. The number of hydrogen-bond donors (Lipinski definition) is 1. The molecule has 1 amide bonds. The maximum atomic E-state index is 13.2. The average molecular weight is 485 g/mol. The number of thiophene rings is 1. The van der Waals surface area contributed by atoms with Crippen molar-refractivity contribution in [3.05, 3.63) is 45.7 Å². The van der Waals surface area contributed by atoms with E-state index < -0.39 is 29.5 Å². The Morgan fingerprint density at radius 1 is 1.15 bits per heavy atom. The van der Waals surface area contributed by atoms with E-state index in [0.29, 0.717) is 6.61 Å². The third-order valence-corrected chi connectivity index (χ3v) is 5.02. The molecule has 1 aromatic carbocycles. The van der Waals surface area contributed by atoms with E-state index in [9.17, 15) is 27.6 Å². The van der Waals surface area contributed by atoms with Gasteiger partial charge in [0.05, 0.1) is 17.7 Å². The topological polar surface area (TPSA) is 109 Å². The lowest BCUT2D eigenvalue weighted by molar-refractivity contribution is -0.274. The molecular weight excluding hydrogens is 467 g/mol. The Hall–Kier alpha value is -3.45.